The molecule has 2 rings (SSSR count). The van der Waals surface area contributed by atoms with Crippen LogP contribution in [0.25, 0.3) is 0 Å². The summed E-state index contributed by atoms with van der Waals surface area (Å²) in [5.41, 5.74) is 1.10. The number of carbonyl (C=O) groups is 1. The van der Waals surface area contributed by atoms with Gasteiger partial charge < -0.3 is 5.32 Å². The van der Waals surface area contributed by atoms with Crippen molar-refractivity contribution in [2.24, 2.45) is 0 Å². The largest absolute Gasteiger partial charge is 0.352 e. The normalized spacial score (nSPS) is 9.70. The number of pyridine rings is 1. The Balaban J connectivity index is 0.00000200. The molecule has 1 aromatic carbocycles. The van der Waals surface area contributed by atoms with Crippen LogP contribution in [0.2, 0.25) is 0 Å². The molecule has 0 bridgehead atoms. The first kappa shape index (κ1) is 16.0. The summed E-state index contributed by atoms with van der Waals surface area (Å²) >= 11 is 0. The highest BCUT2D eigenvalue weighted by atomic mass is 35.5. The molecular weight excluding hydrogens is 286 g/mol. The van der Waals surface area contributed by atoms with Crippen LogP contribution in [-0.4, -0.2) is 17.4 Å². The lowest BCUT2D eigenvalue weighted by atomic mass is 10.1. The SMILES string of the molecule is Cl.O=C(NCCc1ccc(F)c(F)c1)c1cccnc1. The van der Waals surface area contributed by atoms with Crippen molar-refractivity contribution in [1.29, 1.82) is 0 Å². The van der Waals surface area contributed by atoms with Gasteiger partial charge in [-0.25, -0.2) is 8.78 Å². The Kier molecular flexibility index (Phi) is 6.06. The van der Waals surface area contributed by atoms with E-state index in [4.69, 9.17) is 0 Å². The Morgan fingerprint density at radius 1 is 1.20 bits per heavy atom. The summed E-state index contributed by atoms with van der Waals surface area (Å²) in [5, 5.41) is 2.69. The predicted molar refractivity (Wildman–Crippen MR) is 73.9 cm³/mol. The van der Waals surface area contributed by atoms with Gasteiger partial charge in [-0.3, -0.25) is 9.78 Å². The van der Waals surface area contributed by atoms with Crippen LogP contribution in [-0.2, 0) is 6.42 Å². The summed E-state index contributed by atoms with van der Waals surface area (Å²) in [7, 11) is 0. The predicted octanol–water partition coefficient (Wildman–Crippen LogP) is 2.75. The van der Waals surface area contributed by atoms with Gasteiger partial charge in [0.05, 0.1) is 5.56 Å². The Bertz CT molecular complexity index is 579. The first-order valence-electron chi connectivity index (χ1n) is 5.79. The molecule has 1 aromatic heterocycles. The van der Waals surface area contributed by atoms with E-state index >= 15 is 0 Å². The number of nitrogens with zero attached hydrogens (tertiary/aromatic N) is 1. The molecule has 2 aromatic rings. The van der Waals surface area contributed by atoms with E-state index in [0.717, 1.165) is 12.1 Å². The lowest BCUT2D eigenvalue weighted by Crippen LogP contribution is -2.25. The smallest absolute Gasteiger partial charge is 0.252 e. The first-order valence-corrected chi connectivity index (χ1v) is 5.79. The molecule has 0 aliphatic rings. The maximum absolute atomic E-state index is 13.0. The average molecular weight is 299 g/mol. The van der Waals surface area contributed by atoms with Gasteiger partial charge in [0, 0.05) is 18.9 Å². The maximum atomic E-state index is 13.0. The topological polar surface area (TPSA) is 42.0 Å². The van der Waals surface area contributed by atoms with Gasteiger partial charge in [0.1, 0.15) is 0 Å². The molecule has 0 saturated heterocycles. The van der Waals surface area contributed by atoms with Gasteiger partial charge in [-0.1, -0.05) is 6.07 Å². The number of rotatable bonds is 4. The molecule has 0 atom stereocenters. The second-order valence-electron chi connectivity index (χ2n) is 4.00. The summed E-state index contributed by atoms with van der Waals surface area (Å²) in [6, 6.07) is 7.03. The molecule has 1 heterocycles. The minimum Gasteiger partial charge on any atom is -0.352 e. The van der Waals surface area contributed by atoms with Crippen molar-refractivity contribution in [3.05, 3.63) is 65.5 Å². The fourth-order valence-corrected chi connectivity index (χ4v) is 1.61. The second kappa shape index (κ2) is 7.55. The van der Waals surface area contributed by atoms with Gasteiger partial charge in [0.15, 0.2) is 11.6 Å². The summed E-state index contributed by atoms with van der Waals surface area (Å²) in [6.45, 7) is 0.346. The van der Waals surface area contributed by atoms with Crippen molar-refractivity contribution in [3.63, 3.8) is 0 Å². The maximum Gasteiger partial charge on any atom is 0.252 e. The van der Waals surface area contributed by atoms with E-state index in [1.165, 1.54) is 12.3 Å². The summed E-state index contributed by atoms with van der Waals surface area (Å²) in [4.78, 5) is 15.5. The third-order valence-electron chi connectivity index (χ3n) is 2.61. The van der Waals surface area contributed by atoms with Crippen molar-refractivity contribution in [3.8, 4) is 0 Å². The summed E-state index contributed by atoms with van der Waals surface area (Å²) in [6.07, 6.45) is 3.48. The van der Waals surface area contributed by atoms with Gasteiger partial charge in [0.2, 0.25) is 0 Å². The molecule has 0 fully saturated rings. The molecule has 0 unspecified atom stereocenters. The zero-order chi connectivity index (χ0) is 13.7. The number of amides is 1. The molecule has 6 heteroatoms. The molecule has 1 amide bonds. The zero-order valence-electron chi connectivity index (χ0n) is 10.5. The van der Waals surface area contributed by atoms with Crippen LogP contribution >= 0.6 is 12.4 Å². The van der Waals surface area contributed by atoms with Gasteiger partial charge in [-0.2, -0.15) is 0 Å². The van der Waals surface area contributed by atoms with E-state index in [1.54, 1.807) is 18.3 Å². The van der Waals surface area contributed by atoms with Gasteiger partial charge >= 0.3 is 0 Å². The second-order valence-corrected chi connectivity index (χ2v) is 4.00. The Morgan fingerprint density at radius 3 is 2.65 bits per heavy atom. The van der Waals surface area contributed by atoms with E-state index in [0.29, 0.717) is 24.1 Å². The molecule has 0 radical (unpaired) electrons. The van der Waals surface area contributed by atoms with Crippen LogP contribution < -0.4 is 5.32 Å². The summed E-state index contributed by atoms with van der Waals surface area (Å²) < 4.78 is 25.7. The number of hydrogen-bond acceptors (Lipinski definition) is 2. The van der Waals surface area contributed by atoms with Crippen LogP contribution in [0.3, 0.4) is 0 Å². The van der Waals surface area contributed by atoms with E-state index in [2.05, 4.69) is 10.3 Å². The molecule has 106 valence electrons. The third-order valence-corrected chi connectivity index (χ3v) is 2.61. The number of benzene rings is 1. The molecule has 0 aliphatic heterocycles. The lowest BCUT2D eigenvalue weighted by Gasteiger charge is -2.05. The lowest BCUT2D eigenvalue weighted by molar-refractivity contribution is 0.0954. The van der Waals surface area contributed by atoms with Crippen LogP contribution in [0.15, 0.2) is 42.7 Å². The van der Waals surface area contributed by atoms with Crippen LogP contribution in [0.5, 0.6) is 0 Å². The quantitative estimate of drug-likeness (QED) is 0.943. The zero-order valence-corrected chi connectivity index (χ0v) is 11.3. The Labute approximate surface area is 121 Å². The van der Waals surface area contributed by atoms with Crippen LogP contribution in [0.4, 0.5) is 8.78 Å². The highest BCUT2D eigenvalue weighted by molar-refractivity contribution is 5.93. The number of aromatic nitrogens is 1. The van der Waals surface area contributed by atoms with E-state index in [9.17, 15) is 13.6 Å². The third kappa shape index (κ3) is 4.28. The van der Waals surface area contributed by atoms with Crippen molar-refractivity contribution in [2.45, 2.75) is 6.42 Å². The molecule has 3 nitrogen and oxygen atoms in total. The van der Waals surface area contributed by atoms with Gasteiger partial charge in [-0.05, 0) is 36.2 Å². The first-order chi connectivity index (χ1) is 9.16. The molecule has 20 heavy (non-hydrogen) atoms. The fourth-order valence-electron chi connectivity index (χ4n) is 1.61. The Morgan fingerprint density at radius 2 is 2.00 bits per heavy atom. The number of nitrogens with one attached hydrogen (secondary N) is 1. The molecule has 0 saturated carbocycles. The van der Waals surface area contributed by atoms with E-state index < -0.39 is 11.6 Å². The number of hydrogen-bond donors (Lipinski definition) is 1. The van der Waals surface area contributed by atoms with Crippen molar-refractivity contribution >= 4 is 18.3 Å². The van der Waals surface area contributed by atoms with Crippen LogP contribution in [0.1, 0.15) is 15.9 Å². The van der Waals surface area contributed by atoms with Crippen molar-refractivity contribution in [2.75, 3.05) is 6.54 Å². The standard InChI is InChI=1S/C14H12F2N2O.ClH/c15-12-4-3-10(8-13(12)16)5-7-18-14(19)11-2-1-6-17-9-11;/h1-4,6,8-9H,5,7H2,(H,18,19);1H. The van der Waals surface area contributed by atoms with Crippen molar-refractivity contribution < 1.29 is 13.6 Å². The Hall–Kier alpha value is -2.01. The molecule has 1 N–H and O–H groups in total. The number of halogens is 3. The van der Waals surface area contributed by atoms with E-state index in [1.807, 2.05) is 0 Å². The van der Waals surface area contributed by atoms with Crippen molar-refractivity contribution in [1.82, 2.24) is 10.3 Å². The minimum atomic E-state index is -0.879. The van der Waals surface area contributed by atoms with E-state index in [-0.39, 0.29) is 18.3 Å². The monoisotopic (exact) mass is 298 g/mol. The highest BCUT2D eigenvalue weighted by Crippen LogP contribution is 2.08. The van der Waals surface area contributed by atoms with Gasteiger partial charge in [-0.15, -0.1) is 12.4 Å². The average Bonchev–Trinajstić information content (AvgIpc) is 2.43. The van der Waals surface area contributed by atoms with Crippen LogP contribution in [0, 0.1) is 11.6 Å². The molecule has 0 aliphatic carbocycles. The minimum absolute atomic E-state index is 0. The fraction of sp³-hybridized carbons (Fsp3) is 0.143. The molecular formula is C14H13ClF2N2O. The summed E-state index contributed by atoms with van der Waals surface area (Å²) in [5.74, 6) is -1.99. The van der Waals surface area contributed by atoms with Gasteiger partial charge in [0.25, 0.3) is 5.91 Å². The highest BCUT2D eigenvalue weighted by Gasteiger charge is 2.05. The molecule has 0 spiro atoms. The number of carbonyl (C=O) groups excluding carboxylic acids is 1.